The molecule has 2 rings (SSSR count). The van der Waals surface area contributed by atoms with E-state index in [1.54, 1.807) is 6.92 Å². The maximum Gasteiger partial charge on any atom is 0.240 e. The average Bonchev–Trinajstić information content (AvgIpc) is 2.70. The second-order valence-electron chi connectivity index (χ2n) is 3.59. The van der Waals surface area contributed by atoms with Crippen LogP contribution in [0.1, 0.15) is 17.3 Å². The third-order valence-electron chi connectivity index (χ3n) is 2.16. The predicted octanol–water partition coefficient (Wildman–Crippen LogP) is 3.08. The minimum atomic E-state index is 0.557. The highest BCUT2D eigenvalue weighted by atomic mass is 79.9. The quantitative estimate of drug-likeness (QED) is 0.942. The smallest absolute Gasteiger partial charge is 0.240 e. The van der Waals surface area contributed by atoms with Crippen LogP contribution in [0.2, 0.25) is 5.02 Å². The molecule has 1 N–H and O–H groups in total. The molecule has 0 saturated heterocycles. The lowest BCUT2D eigenvalue weighted by molar-refractivity contribution is 0.364. The van der Waals surface area contributed by atoms with Gasteiger partial charge in [0.15, 0.2) is 5.82 Å². The van der Waals surface area contributed by atoms with Crippen molar-refractivity contribution in [3.8, 4) is 0 Å². The Hall–Kier alpha value is -0.910. The standard InChI is InChI=1S/C11H11BrClN3O/c1-7-15-11(17-16-7)6-14-5-8-2-3-10(13)9(12)4-8/h2-4,14H,5-6H2,1H3. The van der Waals surface area contributed by atoms with Gasteiger partial charge in [-0.05, 0) is 40.5 Å². The summed E-state index contributed by atoms with van der Waals surface area (Å²) in [5.41, 5.74) is 1.14. The molecule has 1 aromatic carbocycles. The van der Waals surface area contributed by atoms with Gasteiger partial charge in [-0.3, -0.25) is 0 Å². The Morgan fingerprint density at radius 3 is 2.88 bits per heavy atom. The molecule has 0 unspecified atom stereocenters. The Morgan fingerprint density at radius 2 is 2.24 bits per heavy atom. The summed E-state index contributed by atoms with van der Waals surface area (Å²) in [5.74, 6) is 1.24. The molecule has 1 aromatic heterocycles. The lowest BCUT2D eigenvalue weighted by Crippen LogP contribution is -2.12. The summed E-state index contributed by atoms with van der Waals surface area (Å²) in [6.07, 6.45) is 0. The Labute approximate surface area is 112 Å². The first-order valence-electron chi connectivity index (χ1n) is 5.09. The first-order valence-corrected chi connectivity index (χ1v) is 6.26. The van der Waals surface area contributed by atoms with Crippen LogP contribution in [0.4, 0.5) is 0 Å². The van der Waals surface area contributed by atoms with Crippen LogP contribution in [0.3, 0.4) is 0 Å². The van der Waals surface area contributed by atoms with Gasteiger partial charge in [0, 0.05) is 11.0 Å². The summed E-state index contributed by atoms with van der Waals surface area (Å²) in [6.45, 7) is 3.07. The number of halogens is 2. The van der Waals surface area contributed by atoms with Crippen molar-refractivity contribution >= 4 is 27.5 Å². The highest BCUT2D eigenvalue weighted by molar-refractivity contribution is 9.10. The van der Waals surface area contributed by atoms with Crippen molar-refractivity contribution in [1.29, 1.82) is 0 Å². The van der Waals surface area contributed by atoms with Crippen LogP contribution in [0, 0.1) is 6.92 Å². The van der Waals surface area contributed by atoms with Gasteiger partial charge < -0.3 is 9.84 Å². The maximum atomic E-state index is 5.91. The molecule has 0 fully saturated rings. The van der Waals surface area contributed by atoms with Crippen molar-refractivity contribution in [2.45, 2.75) is 20.0 Å². The lowest BCUT2D eigenvalue weighted by atomic mass is 10.2. The molecule has 0 spiro atoms. The van der Waals surface area contributed by atoms with E-state index in [2.05, 4.69) is 31.4 Å². The molecule has 1 heterocycles. The van der Waals surface area contributed by atoms with Crippen LogP contribution in [0.25, 0.3) is 0 Å². The minimum Gasteiger partial charge on any atom is -0.338 e. The van der Waals surface area contributed by atoms with Crippen LogP contribution in [-0.2, 0) is 13.1 Å². The van der Waals surface area contributed by atoms with Gasteiger partial charge in [0.05, 0.1) is 11.6 Å². The zero-order valence-corrected chi connectivity index (χ0v) is 11.5. The molecular formula is C11H11BrClN3O. The fourth-order valence-electron chi connectivity index (χ4n) is 1.38. The van der Waals surface area contributed by atoms with Crippen molar-refractivity contribution in [2.75, 3.05) is 0 Å². The van der Waals surface area contributed by atoms with E-state index in [0.29, 0.717) is 23.3 Å². The fraction of sp³-hybridized carbons (Fsp3) is 0.273. The van der Waals surface area contributed by atoms with Crippen molar-refractivity contribution in [3.63, 3.8) is 0 Å². The summed E-state index contributed by atoms with van der Waals surface area (Å²) < 4.78 is 5.89. The summed E-state index contributed by atoms with van der Waals surface area (Å²) in [7, 11) is 0. The predicted molar refractivity (Wildman–Crippen MR) is 68.7 cm³/mol. The number of hydrogen-bond donors (Lipinski definition) is 1. The van der Waals surface area contributed by atoms with Crippen molar-refractivity contribution in [3.05, 3.63) is 45.0 Å². The zero-order chi connectivity index (χ0) is 12.3. The van der Waals surface area contributed by atoms with Gasteiger partial charge in [0.1, 0.15) is 0 Å². The summed E-state index contributed by atoms with van der Waals surface area (Å²) >= 11 is 9.30. The van der Waals surface area contributed by atoms with Crippen LogP contribution >= 0.6 is 27.5 Å². The van der Waals surface area contributed by atoms with E-state index in [1.807, 2.05) is 18.2 Å². The van der Waals surface area contributed by atoms with Gasteiger partial charge in [-0.25, -0.2) is 0 Å². The first-order chi connectivity index (χ1) is 8.15. The normalized spacial score (nSPS) is 10.8. The van der Waals surface area contributed by atoms with Crippen LogP contribution in [-0.4, -0.2) is 10.1 Å². The Balaban J connectivity index is 1.87. The molecule has 6 heteroatoms. The fourth-order valence-corrected chi connectivity index (χ4v) is 1.92. The molecule has 0 bridgehead atoms. The van der Waals surface area contributed by atoms with E-state index < -0.39 is 0 Å². The second kappa shape index (κ2) is 5.62. The van der Waals surface area contributed by atoms with E-state index in [0.717, 1.165) is 16.6 Å². The molecule has 17 heavy (non-hydrogen) atoms. The Bertz CT molecular complexity index is 515. The molecule has 0 radical (unpaired) electrons. The highest BCUT2D eigenvalue weighted by Crippen LogP contribution is 2.23. The number of benzene rings is 1. The van der Waals surface area contributed by atoms with E-state index in [4.69, 9.17) is 16.1 Å². The summed E-state index contributed by atoms with van der Waals surface area (Å²) in [4.78, 5) is 4.10. The molecule has 2 aromatic rings. The largest absolute Gasteiger partial charge is 0.338 e. The number of aromatic nitrogens is 2. The maximum absolute atomic E-state index is 5.91. The van der Waals surface area contributed by atoms with Gasteiger partial charge in [-0.15, -0.1) is 0 Å². The third-order valence-corrected chi connectivity index (χ3v) is 3.37. The minimum absolute atomic E-state index is 0.557. The van der Waals surface area contributed by atoms with Crippen LogP contribution in [0.5, 0.6) is 0 Å². The molecule has 0 aliphatic rings. The lowest BCUT2D eigenvalue weighted by Gasteiger charge is -2.03. The summed E-state index contributed by atoms with van der Waals surface area (Å²) in [5, 5.41) is 7.64. The van der Waals surface area contributed by atoms with Gasteiger partial charge in [-0.1, -0.05) is 22.8 Å². The molecule has 90 valence electrons. The zero-order valence-electron chi connectivity index (χ0n) is 9.20. The number of nitrogens with one attached hydrogen (secondary N) is 1. The average molecular weight is 317 g/mol. The van der Waals surface area contributed by atoms with Crippen molar-refractivity contribution in [1.82, 2.24) is 15.5 Å². The molecule has 0 atom stereocenters. The number of rotatable bonds is 4. The van der Waals surface area contributed by atoms with Gasteiger partial charge in [0.2, 0.25) is 5.89 Å². The third kappa shape index (κ3) is 3.52. The van der Waals surface area contributed by atoms with Crippen LogP contribution in [0.15, 0.2) is 27.2 Å². The van der Waals surface area contributed by atoms with Gasteiger partial charge >= 0.3 is 0 Å². The highest BCUT2D eigenvalue weighted by Gasteiger charge is 2.02. The Kier molecular flexibility index (Phi) is 4.15. The van der Waals surface area contributed by atoms with Crippen molar-refractivity contribution < 1.29 is 4.52 Å². The van der Waals surface area contributed by atoms with E-state index in [9.17, 15) is 0 Å². The molecule has 0 aliphatic heterocycles. The van der Waals surface area contributed by atoms with Gasteiger partial charge in [-0.2, -0.15) is 4.98 Å². The molecule has 4 nitrogen and oxygen atoms in total. The second-order valence-corrected chi connectivity index (χ2v) is 4.85. The number of nitrogens with zero attached hydrogens (tertiary/aromatic N) is 2. The van der Waals surface area contributed by atoms with Crippen molar-refractivity contribution in [2.24, 2.45) is 0 Å². The van der Waals surface area contributed by atoms with E-state index in [1.165, 1.54) is 0 Å². The summed E-state index contributed by atoms with van der Waals surface area (Å²) in [6, 6.07) is 5.81. The molecule has 0 saturated carbocycles. The first kappa shape index (κ1) is 12.5. The van der Waals surface area contributed by atoms with E-state index >= 15 is 0 Å². The van der Waals surface area contributed by atoms with E-state index in [-0.39, 0.29) is 0 Å². The SMILES string of the molecule is Cc1noc(CNCc2ccc(Cl)c(Br)c2)n1. The molecular weight excluding hydrogens is 305 g/mol. The Morgan fingerprint density at radius 1 is 1.41 bits per heavy atom. The van der Waals surface area contributed by atoms with Crippen LogP contribution < -0.4 is 5.32 Å². The number of hydrogen-bond acceptors (Lipinski definition) is 4. The van der Waals surface area contributed by atoms with Gasteiger partial charge in [0.25, 0.3) is 0 Å². The number of aryl methyl sites for hydroxylation is 1. The molecule has 0 amide bonds. The molecule has 0 aliphatic carbocycles. The topological polar surface area (TPSA) is 51.0 Å². The monoisotopic (exact) mass is 315 g/mol.